The number of nitrogens with one attached hydrogen (secondary N) is 1. The number of furan rings is 1. The van der Waals surface area contributed by atoms with Crippen LogP contribution >= 0.6 is 11.3 Å². The van der Waals surface area contributed by atoms with Crippen LogP contribution in [0, 0.1) is 6.92 Å². The molecule has 3 rings (SSSR count). The molecule has 3 aromatic heterocycles. The third-order valence-corrected chi connectivity index (χ3v) is 4.33. The van der Waals surface area contributed by atoms with Gasteiger partial charge in [-0.2, -0.15) is 5.10 Å². The number of hydrogen-bond acceptors (Lipinski definition) is 5. The van der Waals surface area contributed by atoms with Crippen LogP contribution in [-0.4, -0.2) is 21.3 Å². The van der Waals surface area contributed by atoms with Crippen LogP contribution in [-0.2, 0) is 7.05 Å². The van der Waals surface area contributed by atoms with Crippen LogP contribution in [0.5, 0.6) is 0 Å². The quantitative estimate of drug-likeness (QED) is 0.774. The lowest BCUT2D eigenvalue weighted by molar-refractivity contribution is 0.556. The smallest absolute Gasteiger partial charge is 0.183 e. The normalized spacial score (nSPS) is 11.9. The lowest BCUT2D eigenvalue weighted by Gasteiger charge is -2.01. The molecule has 5 nitrogen and oxygen atoms in total. The maximum atomic E-state index is 5.31. The van der Waals surface area contributed by atoms with E-state index in [1.807, 2.05) is 44.4 Å². The largest absolute Gasteiger partial charge is 0.465 e. The van der Waals surface area contributed by atoms with Crippen molar-refractivity contribution in [1.82, 2.24) is 14.8 Å². The third kappa shape index (κ3) is 3.28. The molecule has 0 saturated carbocycles. The Morgan fingerprint density at radius 2 is 2.32 bits per heavy atom. The molecule has 0 aliphatic rings. The van der Waals surface area contributed by atoms with Crippen molar-refractivity contribution in [2.24, 2.45) is 7.05 Å². The summed E-state index contributed by atoms with van der Waals surface area (Å²) in [6.07, 6.45) is 5.64. The Morgan fingerprint density at radius 1 is 1.45 bits per heavy atom. The molecule has 0 spiro atoms. The van der Waals surface area contributed by atoms with Gasteiger partial charge in [-0.05, 0) is 38.1 Å². The Kier molecular flexibility index (Phi) is 4.11. The highest BCUT2D eigenvalue weighted by atomic mass is 32.1. The van der Waals surface area contributed by atoms with Gasteiger partial charge in [0.25, 0.3) is 0 Å². The van der Waals surface area contributed by atoms with E-state index in [9.17, 15) is 0 Å². The minimum absolute atomic E-state index is 0.731. The van der Waals surface area contributed by atoms with Crippen molar-refractivity contribution in [2.45, 2.75) is 13.8 Å². The summed E-state index contributed by atoms with van der Waals surface area (Å²) in [5.41, 5.74) is 3.15. The fourth-order valence-electron chi connectivity index (χ4n) is 2.13. The van der Waals surface area contributed by atoms with Gasteiger partial charge in [0.1, 0.15) is 11.5 Å². The Morgan fingerprint density at radius 3 is 3.00 bits per heavy atom. The molecule has 0 aliphatic heterocycles. The maximum absolute atomic E-state index is 5.31. The highest BCUT2D eigenvalue weighted by Crippen LogP contribution is 2.31. The van der Waals surface area contributed by atoms with Gasteiger partial charge in [0, 0.05) is 19.8 Å². The summed E-state index contributed by atoms with van der Waals surface area (Å²) in [6.45, 7) is 4.81. The first-order valence-electron chi connectivity index (χ1n) is 7.04. The molecule has 0 aliphatic carbocycles. The molecule has 0 amide bonds. The zero-order chi connectivity index (χ0) is 15.5. The van der Waals surface area contributed by atoms with E-state index in [0.29, 0.717) is 0 Å². The van der Waals surface area contributed by atoms with Gasteiger partial charge in [0.05, 0.1) is 16.8 Å². The third-order valence-electron chi connectivity index (χ3n) is 3.19. The Balaban J connectivity index is 1.69. The summed E-state index contributed by atoms with van der Waals surface area (Å²) in [5.74, 6) is 0.865. The van der Waals surface area contributed by atoms with E-state index in [2.05, 4.69) is 22.3 Å². The van der Waals surface area contributed by atoms with Gasteiger partial charge in [-0.3, -0.25) is 4.68 Å². The second kappa shape index (κ2) is 6.19. The number of anilines is 1. The summed E-state index contributed by atoms with van der Waals surface area (Å²) >= 11 is 1.63. The number of aromatic nitrogens is 3. The van der Waals surface area contributed by atoms with Crippen molar-refractivity contribution in [3.05, 3.63) is 47.7 Å². The van der Waals surface area contributed by atoms with Crippen LogP contribution in [0.4, 0.5) is 5.13 Å². The summed E-state index contributed by atoms with van der Waals surface area (Å²) in [6, 6.07) is 5.83. The van der Waals surface area contributed by atoms with Crippen molar-refractivity contribution in [1.29, 1.82) is 0 Å². The van der Waals surface area contributed by atoms with Gasteiger partial charge < -0.3 is 9.73 Å². The molecule has 0 bridgehead atoms. The molecule has 0 fully saturated rings. The molecular weight excluding hydrogens is 296 g/mol. The van der Waals surface area contributed by atoms with E-state index in [0.717, 1.165) is 33.7 Å². The molecule has 0 radical (unpaired) electrons. The predicted molar refractivity (Wildman–Crippen MR) is 89.9 cm³/mol. The zero-order valence-corrected chi connectivity index (χ0v) is 13.6. The monoisotopic (exact) mass is 314 g/mol. The number of nitrogens with zero attached hydrogens (tertiary/aromatic N) is 3. The summed E-state index contributed by atoms with van der Waals surface area (Å²) in [5, 5.41) is 8.70. The number of hydrogen-bond donors (Lipinski definition) is 1. The average Bonchev–Trinajstić information content (AvgIpc) is 3.18. The summed E-state index contributed by atoms with van der Waals surface area (Å²) in [4.78, 5) is 5.68. The van der Waals surface area contributed by atoms with Gasteiger partial charge in [0.15, 0.2) is 5.13 Å². The van der Waals surface area contributed by atoms with Crippen molar-refractivity contribution in [2.75, 3.05) is 11.9 Å². The molecule has 3 aromatic rings. The minimum Gasteiger partial charge on any atom is -0.465 e. The van der Waals surface area contributed by atoms with Crippen molar-refractivity contribution in [3.8, 4) is 10.6 Å². The molecule has 22 heavy (non-hydrogen) atoms. The first kappa shape index (κ1) is 14.6. The zero-order valence-electron chi connectivity index (χ0n) is 12.8. The molecule has 1 N–H and O–H groups in total. The highest BCUT2D eigenvalue weighted by Gasteiger charge is 2.11. The van der Waals surface area contributed by atoms with Crippen molar-refractivity contribution >= 4 is 22.5 Å². The SMILES string of the molecule is C/C(=C\c1ccco1)CNc1nc(C)c(-c2ccn(C)n2)s1. The van der Waals surface area contributed by atoms with Crippen LogP contribution in [0.1, 0.15) is 18.4 Å². The maximum Gasteiger partial charge on any atom is 0.183 e. The molecule has 0 unspecified atom stereocenters. The Labute approximate surface area is 133 Å². The number of rotatable bonds is 5. The number of thiazole rings is 1. The molecule has 114 valence electrons. The van der Waals surface area contributed by atoms with Gasteiger partial charge in [0.2, 0.25) is 0 Å². The first-order chi connectivity index (χ1) is 10.6. The fraction of sp³-hybridized carbons (Fsp3) is 0.250. The lowest BCUT2D eigenvalue weighted by atomic mass is 10.2. The van der Waals surface area contributed by atoms with Crippen LogP contribution in [0.2, 0.25) is 0 Å². The molecule has 0 saturated heterocycles. The second-order valence-corrected chi connectivity index (χ2v) is 6.17. The van der Waals surface area contributed by atoms with Crippen LogP contribution in [0.15, 0.2) is 40.6 Å². The van der Waals surface area contributed by atoms with Crippen molar-refractivity contribution in [3.63, 3.8) is 0 Å². The standard InChI is InChI=1S/C16H18N4OS/c1-11(9-13-5-4-8-21-13)10-17-16-18-12(2)15(22-16)14-6-7-20(3)19-14/h4-9H,10H2,1-3H3,(H,17,18)/b11-9+. The van der Waals surface area contributed by atoms with Gasteiger partial charge >= 0.3 is 0 Å². The number of aryl methyl sites for hydroxylation is 2. The molecule has 0 atom stereocenters. The Hall–Kier alpha value is -2.34. The molecule has 3 heterocycles. The Bertz CT molecular complexity index is 783. The topological polar surface area (TPSA) is 55.9 Å². The van der Waals surface area contributed by atoms with E-state index in [1.54, 1.807) is 22.3 Å². The predicted octanol–water partition coefficient (Wildman–Crippen LogP) is 3.96. The highest BCUT2D eigenvalue weighted by molar-refractivity contribution is 7.19. The van der Waals surface area contributed by atoms with E-state index in [1.165, 1.54) is 5.57 Å². The van der Waals surface area contributed by atoms with Gasteiger partial charge in [-0.1, -0.05) is 16.9 Å². The van der Waals surface area contributed by atoms with E-state index in [-0.39, 0.29) is 0 Å². The first-order valence-corrected chi connectivity index (χ1v) is 7.85. The van der Waals surface area contributed by atoms with E-state index < -0.39 is 0 Å². The van der Waals surface area contributed by atoms with E-state index >= 15 is 0 Å². The van der Waals surface area contributed by atoms with Crippen LogP contribution in [0.3, 0.4) is 0 Å². The summed E-state index contributed by atoms with van der Waals surface area (Å²) in [7, 11) is 1.92. The average molecular weight is 314 g/mol. The molecule has 0 aromatic carbocycles. The molecular formula is C16H18N4OS. The summed E-state index contributed by atoms with van der Waals surface area (Å²) < 4.78 is 7.12. The van der Waals surface area contributed by atoms with Gasteiger partial charge in [-0.25, -0.2) is 4.98 Å². The fourth-order valence-corrected chi connectivity index (χ4v) is 3.06. The minimum atomic E-state index is 0.731. The molecule has 6 heteroatoms. The van der Waals surface area contributed by atoms with Crippen molar-refractivity contribution < 1.29 is 4.42 Å². The van der Waals surface area contributed by atoms with Crippen LogP contribution in [0.25, 0.3) is 16.6 Å². The van der Waals surface area contributed by atoms with Crippen LogP contribution < -0.4 is 5.32 Å². The lowest BCUT2D eigenvalue weighted by Crippen LogP contribution is -2.02. The van der Waals surface area contributed by atoms with Gasteiger partial charge in [-0.15, -0.1) is 0 Å². The second-order valence-electron chi connectivity index (χ2n) is 5.17. The van der Waals surface area contributed by atoms with E-state index in [4.69, 9.17) is 4.42 Å².